The molecule has 2 aliphatic rings. The van der Waals surface area contributed by atoms with E-state index in [0.717, 1.165) is 25.0 Å². The van der Waals surface area contributed by atoms with Gasteiger partial charge < -0.3 is 14.4 Å². The van der Waals surface area contributed by atoms with Crippen LogP contribution < -0.4 is 9.47 Å². The van der Waals surface area contributed by atoms with Crippen LogP contribution in [0.1, 0.15) is 31.2 Å². The Hall–Kier alpha value is -1.43. The standard InChI is InChI=1S/C16H20F3NO2/c1-20-11-4-5-12(20)9-13(8-11)22-14-6-3-10(16(17,18)19)7-15(14)21-2/h3,6-7,11-13H,4-5,8-9H2,1-2H3/t11-,12+,13+. The first kappa shape index (κ1) is 15.5. The van der Waals surface area contributed by atoms with Crippen LogP contribution in [0.25, 0.3) is 0 Å². The summed E-state index contributed by atoms with van der Waals surface area (Å²) in [6.07, 6.45) is -0.164. The van der Waals surface area contributed by atoms with Crippen LogP contribution in [0.5, 0.6) is 11.5 Å². The molecule has 122 valence electrons. The second kappa shape index (κ2) is 5.65. The molecule has 0 radical (unpaired) electrons. The topological polar surface area (TPSA) is 21.7 Å². The number of piperidine rings is 1. The summed E-state index contributed by atoms with van der Waals surface area (Å²) in [5, 5.41) is 0. The van der Waals surface area contributed by atoms with Crippen molar-refractivity contribution in [2.45, 2.75) is 50.0 Å². The van der Waals surface area contributed by atoms with Crippen molar-refractivity contribution in [1.29, 1.82) is 0 Å². The van der Waals surface area contributed by atoms with Gasteiger partial charge in [0.05, 0.1) is 12.7 Å². The van der Waals surface area contributed by atoms with Gasteiger partial charge >= 0.3 is 6.18 Å². The van der Waals surface area contributed by atoms with Gasteiger partial charge in [-0.3, -0.25) is 0 Å². The molecule has 6 heteroatoms. The number of nitrogens with zero attached hydrogens (tertiary/aromatic N) is 1. The predicted molar refractivity (Wildman–Crippen MR) is 76.2 cm³/mol. The molecule has 0 aromatic heterocycles. The maximum absolute atomic E-state index is 12.7. The first-order valence-electron chi connectivity index (χ1n) is 7.52. The SMILES string of the molecule is COc1cc(C(F)(F)F)ccc1O[C@H]1C[C@H]2CC[C@@H](C1)N2C. The highest BCUT2D eigenvalue weighted by molar-refractivity contribution is 5.44. The van der Waals surface area contributed by atoms with E-state index in [-0.39, 0.29) is 11.9 Å². The molecule has 2 saturated heterocycles. The minimum atomic E-state index is -4.38. The lowest BCUT2D eigenvalue weighted by molar-refractivity contribution is -0.137. The molecular formula is C16H20F3NO2. The molecule has 22 heavy (non-hydrogen) atoms. The molecule has 1 aromatic carbocycles. The molecule has 2 bridgehead atoms. The average Bonchev–Trinajstić information content (AvgIpc) is 2.69. The summed E-state index contributed by atoms with van der Waals surface area (Å²) in [4.78, 5) is 2.39. The summed E-state index contributed by atoms with van der Waals surface area (Å²) < 4.78 is 49.3. The fourth-order valence-corrected chi connectivity index (χ4v) is 3.58. The van der Waals surface area contributed by atoms with Crippen molar-refractivity contribution in [3.05, 3.63) is 23.8 Å². The van der Waals surface area contributed by atoms with Crippen molar-refractivity contribution in [3.63, 3.8) is 0 Å². The van der Waals surface area contributed by atoms with E-state index in [9.17, 15) is 13.2 Å². The molecule has 0 saturated carbocycles. The molecule has 0 amide bonds. The molecule has 2 heterocycles. The van der Waals surface area contributed by atoms with E-state index in [1.54, 1.807) is 0 Å². The van der Waals surface area contributed by atoms with Gasteiger partial charge in [-0.1, -0.05) is 0 Å². The number of ether oxygens (including phenoxy) is 2. The van der Waals surface area contributed by atoms with E-state index in [1.165, 1.54) is 26.0 Å². The Morgan fingerprint density at radius 2 is 1.73 bits per heavy atom. The maximum Gasteiger partial charge on any atom is 0.416 e. The summed E-state index contributed by atoms with van der Waals surface area (Å²) in [6, 6.07) is 4.44. The molecule has 0 spiro atoms. The minimum Gasteiger partial charge on any atom is -0.493 e. The lowest BCUT2D eigenvalue weighted by Crippen LogP contribution is -2.43. The second-order valence-corrected chi connectivity index (χ2v) is 6.13. The highest BCUT2D eigenvalue weighted by Crippen LogP contribution is 2.40. The molecule has 0 N–H and O–H groups in total. The highest BCUT2D eigenvalue weighted by atomic mass is 19.4. The van der Waals surface area contributed by atoms with Gasteiger partial charge in [-0.2, -0.15) is 13.2 Å². The maximum atomic E-state index is 12.7. The number of benzene rings is 1. The smallest absolute Gasteiger partial charge is 0.416 e. The Morgan fingerprint density at radius 3 is 2.27 bits per heavy atom. The number of hydrogen-bond acceptors (Lipinski definition) is 3. The Morgan fingerprint density at radius 1 is 1.09 bits per heavy atom. The third-order valence-corrected chi connectivity index (χ3v) is 4.84. The van der Waals surface area contributed by atoms with Crippen LogP contribution in [0.3, 0.4) is 0 Å². The largest absolute Gasteiger partial charge is 0.493 e. The van der Waals surface area contributed by atoms with Crippen LogP contribution in [-0.2, 0) is 6.18 Å². The van der Waals surface area contributed by atoms with Gasteiger partial charge in [-0.15, -0.1) is 0 Å². The molecule has 3 nitrogen and oxygen atoms in total. The second-order valence-electron chi connectivity index (χ2n) is 6.13. The molecule has 2 fully saturated rings. The van der Waals surface area contributed by atoms with E-state index in [2.05, 4.69) is 11.9 Å². The van der Waals surface area contributed by atoms with Crippen LogP contribution in [0.15, 0.2) is 18.2 Å². The molecule has 1 aromatic rings. The van der Waals surface area contributed by atoms with Crippen molar-refractivity contribution in [2.24, 2.45) is 0 Å². The lowest BCUT2D eigenvalue weighted by Gasteiger charge is -2.36. The molecule has 0 unspecified atom stereocenters. The van der Waals surface area contributed by atoms with Gasteiger partial charge in [0.2, 0.25) is 0 Å². The Balaban J connectivity index is 1.75. The molecule has 0 aliphatic carbocycles. The third-order valence-electron chi connectivity index (χ3n) is 4.84. The van der Waals surface area contributed by atoms with Crippen molar-refractivity contribution in [3.8, 4) is 11.5 Å². The van der Waals surface area contributed by atoms with Crippen molar-refractivity contribution in [1.82, 2.24) is 4.90 Å². The van der Waals surface area contributed by atoms with Crippen molar-refractivity contribution >= 4 is 0 Å². The van der Waals surface area contributed by atoms with Crippen LogP contribution in [0.2, 0.25) is 0 Å². The van der Waals surface area contributed by atoms with E-state index in [4.69, 9.17) is 9.47 Å². The normalized spacial score (nSPS) is 28.7. The van der Waals surface area contributed by atoms with Gasteiger partial charge in [-0.05, 0) is 50.9 Å². The lowest BCUT2D eigenvalue weighted by atomic mass is 10.0. The Kier molecular flexibility index (Phi) is 3.97. The average molecular weight is 315 g/mol. The van der Waals surface area contributed by atoms with Crippen molar-refractivity contribution < 1.29 is 22.6 Å². The number of methoxy groups -OCH3 is 1. The minimum absolute atomic E-state index is 0.0411. The van der Waals surface area contributed by atoms with E-state index in [1.807, 2.05) is 0 Å². The van der Waals surface area contributed by atoms with Gasteiger partial charge in [0.1, 0.15) is 6.10 Å². The third kappa shape index (κ3) is 2.89. The van der Waals surface area contributed by atoms with Crippen molar-refractivity contribution in [2.75, 3.05) is 14.2 Å². The number of rotatable bonds is 3. The van der Waals surface area contributed by atoms with Crippen LogP contribution >= 0.6 is 0 Å². The van der Waals surface area contributed by atoms with E-state index < -0.39 is 11.7 Å². The zero-order valence-electron chi connectivity index (χ0n) is 12.7. The fraction of sp³-hybridized carbons (Fsp3) is 0.625. The van der Waals surface area contributed by atoms with Gasteiger partial charge in [0.15, 0.2) is 11.5 Å². The first-order chi connectivity index (χ1) is 10.4. The number of fused-ring (bicyclic) bond motifs is 2. The summed E-state index contributed by atoms with van der Waals surface area (Å²) in [5.74, 6) is 0.533. The van der Waals surface area contributed by atoms with E-state index >= 15 is 0 Å². The summed E-state index contributed by atoms with van der Waals surface area (Å²) >= 11 is 0. The zero-order chi connectivity index (χ0) is 15.9. The van der Waals surface area contributed by atoms with Gasteiger partial charge in [0.25, 0.3) is 0 Å². The zero-order valence-corrected chi connectivity index (χ0v) is 12.7. The molecule has 2 aliphatic heterocycles. The van der Waals surface area contributed by atoms with Crippen LogP contribution in [0, 0.1) is 0 Å². The van der Waals surface area contributed by atoms with Gasteiger partial charge in [-0.25, -0.2) is 0 Å². The van der Waals surface area contributed by atoms with Crippen LogP contribution in [-0.4, -0.2) is 37.2 Å². The first-order valence-corrected chi connectivity index (χ1v) is 7.52. The number of halogens is 3. The summed E-state index contributed by atoms with van der Waals surface area (Å²) in [6.45, 7) is 0. The quantitative estimate of drug-likeness (QED) is 0.848. The monoisotopic (exact) mass is 315 g/mol. The molecule has 3 atom stereocenters. The number of hydrogen-bond donors (Lipinski definition) is 0. The van der Waals surface area contributed by atoms with Gasteiger partial charge in [0, 0.05) is 12.1 Å². The molecule has 3 rings (SSSR count). The summed E-state index contributed by atoms with van der Waals surface area (Å²) in [5.41, 5.74) is -0.722. The predicted octanol–water partition coefficient (Wildman–Crippen LogP) is 3.72. The fourth-order valence-electron chi connectivity index (χ4n) is 3.58. The Bertz CT molecular complexity index is 533. The number of alkyl halides is 3. The summed E-state index contributed by atoms with van der Waals surface area (Å²) in [7, 11) is 3.50. The highest BCUT2D eigenvalue weighted by Gasteiger charge is 2.39. The van der Waals surface area contributed by atoms with Crippen LogP contribution in [0.4, 0.5) is 13.2 Å². The van der Waals surface area contributed by atoms with E-state index in [0.29, 0.717) is 17.8 Å². The Labute approximate surface area is 128 Å². The molecular weight excluding hydrogens is 295 g/mol.